The summed E-state index contributed by atoms with van der Waals surface area (Å²) in [5, 5.41) is 0. The van der Waals surface area contributed by atoms with Crippen molar-refractivity contribution in [3.63, 3.8) is 0 Å². The highest BCUT2D eigenvalue weighted by atomic mass is 16.1. The molecule has 86 valence electrons. The molecule has 0 saturated carbocycles. The average molecular weight is 221 g/mol. The van der Waals surface area contributed by atoms with Crippen molar-refractivity contribution in [2.75, 3.05) is 18.0 Å². The Labute approximate surface area is 93.7 Å². The smallest absolute Gasteiger partial charge is 0.225 e. The topological polar surface area (TPSA) is 98.1 Å². The summed E-state index contributed by atoms with van der Waals surface area (Å²) in [4.78, 5) is 21.4. The van der Waals surface area contributed by atoms with Gasteiger partial charge in [-0.15, -0.1) is 0 Å². The van der Waals surface area contributed by atoms with Crippen molar-refractivity contribution >= 4 is 11.9 Å². The van der Waals surface area contributed by atoms with E-state index in [0.29, 0.717) is 19.0 Å². The molecule has 6 nitrogen and oxygen atoms in total. The molecule has 1 aliphatic rings. The maximum absolute atomic E-state index is 11.0. The number of carbonyl (C=O) groups is 1. The first kappa shape index (κ1) is 10.8. The molecular weight excluding hydrogens is 206 g/mol. The van der Waals surface area contributed by atoms with Crippen LogP contribution in [0.5, 0.6) is 0 Å². The molecule has 0 spiro atoms. The van der Waals surface area contributed by atoms with Crippen LogP contribution < -0.4 is 16.4 Å². The Morgan fingerprint density at radius 2 is 2.19 bits per heavy atom. The van der Waals surface area contributed by atoms with Crippen LogP contribution in [-0.2, 0) is 11.3 Å². The monoisotopic (exact) mass is 221 g/mol. The zero-order valence-corrected chi connectivity index (χ0v) is 8.97. The molecule has 1 aliphatic heterocycles. The van der Waals surface area contributed by atoms with Gasteiger partial charge in [-0.1, -0.05) is 0 Å². The summed E-state index contributed by atoms with van der Waals surface area (Å²) in [7, 11) is 0. The fraction of sp³-hybridized carbons (Fsp3) is 0.500. The van der Waals surface area contributed by atoms with Crippen LogP contribution >= 0.6 is 0 Å². The van der Waals surface area contributed by atoms with Crippen LogP contribution in [0, 0.1) is 5.92 Å². The minimum absolute atomic E-state index is 0.0854. The molecule has 16 heavy (non-hydrogen) atoms. The third-order valence-electron chi connectivity index (χ3n) is 2.80. The fourth-order valence-corrected chi connectivity index (χ4v) is 1.79. The molecule has 1 saturated heterocycles. The maximum atomic E-state index is 11.0. The van der Waals surface area contributed by atoms with Crippen molar-refractivity contribution in [3.05, 3.63) is 18.0 Å². The quantitative estimate of drug-likeness (QED) is 0.699. The van der Waals surface area contributed by atoms with Gasteiger partial charge in [-0.2, -0.15) is 0 Å². The SMILES string of the molecule is NCc1cnc(N2CCC(C(N)=O)C2)nc1. The van der Waals surface area contributed by atoms with Crippen molar-refractivity contribution in [1.82, 2.24) is 9.97 Å². The van der Waals surface area contributed by atoms with Gasteiger partial charge < -0.3 is 16.4 Å². The molecule has 6 heteroatoms. The van der Waals surface area contributed by atoms with Gasteiger partial charge in [0.25, 0.3) is 0 Å². The predicted octanol–water partition coefficient (Wildman–Crippen LogP) is -0.753. The summed E-state index contributed by atoms with van der Waals surface area (Å²) < 4.78 is 0. The van der Waals surface area contributed by atoms with E-state index in [1.54, 1.807) is 12.4 Å². The minimum atomic E-state index is -0.249. The highest BCUT2D eigenvalue weighted by molar-refractivity contribution is 5.78. The maximum Gasteiger partial charge on any atom is 0.225 e. The van der Waals surface area contributed by atoms with Crippen LogP contribution in [0.15, 0.2) is 12.4 Å². The van der Waals surface area contributed by atoms with Gasteiger partial charge in [0, 0.05) is 37.6 Å². The summed E-state index contributed by atoms with van der Waals surface area (Å²) in [5.41, 5.74) is 11.6. The summed E-state index contributed by atoms with van der Waals surface area (Å²) >= 11 is 0. The Bertz CT molecular complexity index is 377. The van der Waals surface area contributed by atoms with Gasteiger partial charge in [-0.05, 0) is 6.42 Å². The van der Waals surface area contributed by atoms with Gasteiger partial charge in [0.1, 0.15) is 0 Å². The minimum Gasteiger partial charge on any atom is -0.369 e. The Hall–Kier alpha value is -1.69. The third kappa shape index (κ3) is 2.11. The normalized spacial score (nSPS) is 20.1. The van der Waals surface area contributed by atoms with Crippen molar-refractivity contribution in [2.24, 2.45) is 17.4 Å². The summed E-state index contributed by atoms with van der Waals surface area (Å²) in [6, 6.07) is 0. The Morgan fingerprint density at radius 3 is 2.69 bits per heavy atom. The van der Waals surface area contributed by atoms with E-state index in [1.807, 2.05) is 4.90 Å². The third-order valence-corrected chi connectivity index (χ3v) is 2.80. The second-order valence-corrected chi connectivity index (χ2v) is 3.93. The first-order valence-corrected chi connectivity index (χ1v) is 5.26. The van der Waals surface area contributed by atoms with Gasteiger partial charge in [0.15, 0.2) is 0 Å². The standard InChI is InChI=1S/C10H15N5O/c11-3-7-4-13-10(14-5-7)15-2-1-8(6-15)9(12)16/h4-5,8H,1-3,6,11H2,(H2,12,16). The molecule has 1 amide bonds. The zero-order valence-electron chi connectivity index (χ0n) is 8.97. The Morgan fingerprint density at radius 1 is 1.50 bits per heavy atom. The number of rotatable bonds is 3. The molecule has 1 aromatic rings. The van der Waals surface area contributed by atoms with E-state index in [1.165, 1.54) is 0 Å². The molecule has 1 atom stereocenters. The van der Waals surface area contributed by atoms with E-state index >= 15 is 0 Å². The van der Waals surface area contributed by atoms with Gasteiger partial charge in [0.2, 0.25) is 11.9 Å². The highest BCUT2D eigenvalue weighted by Crippen LogP contribution is 2.19. The number of amides is 1. The van der Waals surface area contributed by atoms with E-state index < -0.39 is 0 Å². The first-order chi connectivity index (χ1) is 7.70. The van der Waals surface area contributed by atoms with Crippen molar-refractivity contribution in [2.45, 2.75) is 13.0 Å². The number of primary amides is 1. The summed E-state index contributed by atoms with van der Waals surface area (Å²) in [6.07, 6.45) is 4.19. The lowest BCUT2D eigenvalue weighted by atomic mass is 10.1. The Kier molecular flexibility index (Phi) is 3.00. The second kappa shape index (κ2) is 4.44. The number of nitrogens with zero attached hydrogens (tertiary/aromatic N) is 3. The van der Waals surface area contributed by atoms with Crippen LogP contribution in [-0.4, -0.2) is 29.0 Å². The number of anilines is 1. The number of carbonyl (C=O) groups excluding carboxylic acids is 1. The molecule has 0 radical (unpaired) electrons. The van der Waals surface area contributed by atoms with Crippen molar-refractivity contribution in [3.8, 4) is 0 Å². The van der Waals surface area contributed by atoms with E-state index in [9.17, 15) is 4.79 Å². The van der Waals surface area contributed by atoms with Crippen molar-refractivity contribution in [1.29, 1.82) is 0 Å². The van der Waals surface area contributed by atoms with Crippen LogP contribution in [0.4, 0.5) is 5.95 Å². The molecule has 0 aromatic carbocycles. The number of hydrogen-bond donors (Lipinski definition) is 2. The van der Waals surface area contributed by atoms with E-state index in [0.717, 1.165) is 18.5 Å². The van der Waals surface area contributed by atoms with E-state index in [2.05, 4.69) is 9.97 Å². The molecule has 1 aromatic heterocycles. The molecule has 2 heterocycles. The predicted molar refractivity (Wildman–Crippen MR) is 59.4 cm³/mol. The largest absolute Gasteiger partial charge is 0.369 e. The van der Waals surface area contributed by atoms with Crippen LogP contribution in [0.3, 0.4) is 0 Å². The number of aromatic nitrogens is 2. The van der Waals surface area contributed by atoms with Gasteiger partial charge in [-0.3, -0.25) is 4.79 Å². The lowest BCUT2D eigenvalue weighted by Gasteiger charge is -2.15. The molecule has 4 N–H and O–H groups in total. The van der Waals surface area contributed by atoms with Crippen LogP contribution in [0.1, 0.15) is 12.0 Å². The highest BCUT2D eigenvalue weighted by Gasteiger charge is 2.27. The lowest BCUT2D eigenvalue weighted by Crippen LogP contribution is -2.28. The Balaban J connectivity index is 2.05. The number of hydrogen-bond acceptors (Lipinski definition) is 5. The fourth-order valence-electron chi connectivity index (χ4n) is 1.79. The van der Waals surface area contributed by atoms with Crippen LogP contribution in [0.2, 0.25) is 0 Å². The number of nitrogens with two attached hydrogens (primary N) is 2. The zero-order chi connectivity index (χ0) is 11.5. The van der Waals surface area contributed by atoms with Crippen molar-refractivity contribution < 1.29 is 4.79 Å². The molecule has 2 rings (SSSR count). The first-order valence-electron chi connectivity index (χ1n) is 5.26. The van der Waals surface area contributed by atoms with Gasteiger partial charge in [-0.25, -0.2) is 9.97 Å². The lowest BCUT2D eigenvalue weighted by molar-refractivity contribution is -0.121. The molecule has 1 fully saturated rings. The summed E-state index contributed by atoms with van der Waals surface area (Å²) in [6.45, 7) is 1.82. The van der Waals surface area contributed by atoms with Crippen LogP contribution in [0.25, 0.3) is 0 Å². The summed E-state index contributed by atoms with van der Waals surface area (Å²) in [5.74, 6) is 0.305. The molecule has 0 bridgehead atoms. The molecular formula is C10H15N5O. The van der Waals surface area contributed by atoms with Gasteiger partial charge in [0.05, 0.1) is 5.92 Å². The molecule has 1 unspecified atom stereocenters. The van der Waals surface area contributed by atoms with E-state index in [-0.39, 0.29) is 11.8 Å². The van der Waals surface area contributed by atoms with Gasteiger partial charge >= 0.3 is 0 Å². The second-order valence-electron chi connectivity index (χ2n) is 3.93. The van der Waals surface area contributed by atoms with E-state index in [4.69, 9.17) is 11.5 Å². The average Bonchev–Trinajstić information content (AvgIpc) is 2.78. The molecule has 0 aliphatic carbocycles.